The third-order valence-corrected chi connectivity index (χ3v) is 7.08. The molecule has 0 radical (unpaired) electrons. The van der Waals surface area contributed by atoms with Crippen LogP contribution in [-0.4, -0.2) is 64.9 Å². The summed E-state index contributed by atoms with van der Waals surface area (Å²) in [5.41, 5.74) is 4.40. The van der Waals surface area contributed by atoms with E-state index in [2.05, 4.69) is 25.9 Å². The van der Waals surface area contributed by atoms with Crippen molar-refractivity contribution in [3.05, 3.63) is 107 Å². The Morgan fingerprint density at radius 2 is 1.58 bits per heavy atom. The van der Waals surface area contributed by atoms with Crippen LogP contribution in [0.3, 0.4) is 0 Å². The number of carbonyl (C=O) groups is 4. The van der Waals surface area contributed by atoms with Crippen LogP contribution in [0.2, 0.25) is 0 Å². The Bertz CT molecular complexity index is 1650. The fourth-order valence-electron chi connectivity index (χ4n) is 4.93. The zero-order valence-electron chi connectivity index (χ0n) is 23.2. The second-order valence-corrected chi connectivity index (χ2v) is 10.1. The summed E-state index contributed by atoms with van der Waals surface area (Å²) in [5, 5.41) is 18.4. The lowest BCUT2D eigenvalue weighted by atomic mass is 9.97. The molecule has 5 rings (SSSR count). The number of benzene rings is 3. The van der Waals surface area contributed by atoms with Gasteiger partial charge in [-0.2, -0.15) is 0 Å². The van der Waals surface area contributed by atoms with Crippen molar-refractivity contribution in [1.29, 1.82) is 0 Å². The number of H-pyrrole nitrogens is 1. The number of ether oxygens (including phenoxy) is 1. The second-order valence-electron chi connectivity index (χ2n) is 10.1. The highest BCUT2D eigenvalue weighted by Gasteiger charge is 2.29. The van der Waals surface area contributed by atoms with Gasteiger partial charge in [-0.15, -0.1) is 0 Å². The van der Waals surface area contributed by atoms with Gasteiger partial charge >= 0.3 is 12.1 Å². The van der Waals surface area contributed by atoms with Crippen LogP contribution in [-0.2, 0) is 38.6 Å². The van der Waals surface area contributed by atoms with Gasteiger partial charge in [-0.1, -0.05) is 78.9 Å². The number of carboxylic acid groups (broad SMARTS) is 1. The normalized spacial score (nSPS) is 14.6. The molecule has 0 bridgehead atoms. The van der Waals surface area contributed by atoms with E-state index in [9.17, 15) is 24.3 Å². The minimum Gasteiger partial charge on any atom is -0.480 e. The zero-order valence-corrected chi connectivity index (χ0v) is 23.2. The summed E-state index contributed by atoms with van der Waals surface area (Å²) in [7, 11) is 0. The number of hydrogen-bond acceptors (Lipinski definition) is 6. The van der Waals surface area contributed by atoms with Crippen LogP contribution in [0.5, 0.6) is 0 Å². The molecule has 2 atom stereocenters. The topological polar surface area (TPSA) is 162 Å². The molecule has 0 saturated heterocycles. The predicted molar refractivity (Wildman–Crippen MR) is 160 cm³/mol. The van der Waals surface area contributed by atoms with E-state index in [4.69, 9.17) is 4.74 Å². The Kier molecular flexibility index (Phi) is 9.11. The number of carboxylic acids is 1. The molecule has 4 aromatic rings. The Hall–Kier alpha value is -5.45. The largest absolute Gasteiger partial charge is 0.480 e. The molecule has 0 fully saturated rings. The van der Waals surface area contributed by atoms with Crippen LogP contribution >= 0.6 is 0 Å². The second kappa shape index (κ2) is 13.5. The highest BCUT2D eigenvalue weighted by atomic mass is 16.5. The van der Waals surface area contributed by atoms with Gasteiger partial charge in [0, 0.05) is 23.7 Å². The number of nitrogens with zero attached hydrogens (tertiary/aromatic N) is 1. The van der Waals surface area contributed by atoms with E-state index in [0.29, 0.717) is 11.4 Å². The molecule has 11 heteroatoms. The summed E-state index contributed by atoms with van der Waals surface area (Å²) in [4.78, 5) is 57.8. The molecule has 43 heavy (non-hydrogen) atoms. The van der Waals surface area contributed by atoms with Crippen LogP contribution in [0.25, 0.3) is 10.9 Å². The summed E-state index contributed by atoms with van der Waals surface area (Å²) in [6.45, 7) is -0.352. The maximum atomic E-state index is 13.1. The fraction of sp³-hybridized carbons (Fsp3) is 0.219. The van der Waals surface area contributed by atoms with Gasteiger partial charge in [-0.05, 0) is 22.8 Å². The van der Waals surface area contributed by atoms with E-state index in [0.717, 1.165) is 27.6 Å². The SMILES string of the molecule is O=C(CNC(=O)C(Cc1ccccc1)NC(=O)OCc1ccccc1)NCC1=NC(C(=O)O)Cc2c1[nH]c1ccccc21. The van der Waals surface area contributed by atoms with Crippen LogP contribution in [0.4, 0.5) is 4.79 Å². The van der Waals surface area contributed by atoms with E-state index in [1.165, 1.54) is 0 Å². The molecule has 1 aliphatic heterocycles. The van der Waals surface area contributed by atoms with Crippen molar-refractivity contribution in [1.82, 2.24) is 20.9 Å². The summed E-state index contributed by atoms with van der Waals surface area (Å²) in [6, 6.07) is 23.9. The number of aromatic nitrogens is 1. The number of alkyl carbamates (subject to hydrolysis) is 1. The Morgan fingerprint density at radius 1 is 0.907 bits per heavy atom. The van der Waals surface area contributed by atoms with Gasteiger partial charge in [-0.25, -0.2) is 9.59 Å². The van der Waals surface area contributed by atoms with E-state index in [1.54, 1.807) is 0 Å². The van der Waals surface area contributed by atoms with Crippen molar-refractivity contribution in [2.24, 2.45) is 4.99 Å². The number of rotatable bonds is 11. The van der Waals surface area contributed by atoms with Crippen LogP contribution in [0, 0.1) is 0 Å². The molecule has 0 spiro atoms. The van der Waals surface area contributed by atoms with Gasteiger partial charge in [0.15, 0.2) is 6.04 Å². The molecule has 5 N–H and O–H groups in total. The molecular weight excluding hydrogens is 550 g/mol. The number of hydrogen-bond donors (Lipinski definition) is 5. The van der Waals surface area contributed by atoms with E-state index in [-0.39, 0.29) is 32.5 Å². The highest BCUT2D eigenvalue weighted by molar-refractivity contribution is 6.09. The number of para-hydroxylation sites is 1. The minimum absolute atomic E-state index is 0.0319. The van der Waals surface area contributed by atoms with Crippen LogP contribution in [0.15, 0.2) is 89.9 Å². The number of nitrogens with one attached hydrogen (secondary N) is 4. The molecule has 2 unspecified atom stereocenters. The molecule has 2 heterocycles. The smallest absolute Gasteiger partial charge is 0.408 e. The number of amides is 3. The van der Waals surface area contributed by atoms with Gasteiger partial charge in [-0.3, -0.25) is 14.6 Å². The number of aromatic amines is 1. The first-order valence-electron chi connectivity index (χ1n) is 13.8. The average Bonchev–Trinajstić information content (AvgIpc) is 3.41. The molecule has 0 saturated carbocycles. The summed E-state index contributed by atoms with van der Waals surface area (Å²) in [6.07, 6.45) is -0.335. The fourth-order valence-corrected chi connectivity index (χ4v) is 4.93. The van der Waals surface area contributed by atoms with E-state index < -0.39 is 36.0 Å². The van der Waals surface area contributed by atoms with Crippen molar-refractivity contribution in [3.8, 4) is 0 Å². The first-order chi connectivity index (χ1) is 20.9. The van der Waals surface area contributed by atoms with Gasteiger partial charge in [0.05, 0.1) is 24.5 Å². The van der Waals surface area contributed by atoms with Crippen molar-refractivity contribution >= 4 is 40.5 Å². The first-order valence-corrected chi connectivity index (χ1v) is 13.8. The summed E-state index contributed by atoms with van der Waals surface area (Å²) < 4.78 is 5.29. The maximum absolute atomic E-state index is 13.1. The lowest BCUT2D eigenvalue weighted by Gasteiger charge is -2.20. The molecule has 3 amide bonds. The Labute approximate surface area is 247 Å². The van der Waals surface area contributed by atoms with Crippen molar-refractivity contribution in [2.75, 3.05) is 13.1 Å². The zero-order chi connectivity index (χ0) is 30.2. The molecule has 220 valence electrons. The van der Waals surface area contributed by atoms with Gasteiger partial charge in [0.2, 0.25) is 11.8 Å². The van der Waals surface area contributed by atoms with Crippen molar-refractivity contribution in [3.63, 3.8) is 0 Å². The van der Waals surface area contributed by atoms with Crippen molar-refractivity contribution in [2.45, 2.75) is 31.5 Å². The molecule has 0 aliphatic carbocycles. The Balaban J connectivity index is 1.19. The van der Waals surface area contributed by atoms with Gasteiger partial charge in [0.25, 0.3) is 0 Å². The minimum atomic E-state index is -1.05. The number of aliphatic imine (C=N–C) groups is 1. The third kappa shape index (κ3) is 7.45. The number of aliphatic carboxylic acids is 1. The maximum Gasteiger partial charge on any atom is 0.408 e. The van der Waals surface area contributed by atoms with E-state index in [1.807, 2.05) is 84.9 Å². The number of carbonyl (C=O) groups excluding carboxylic acids is 3. The highest BCUT2D eigenvalue weighted by Crippen LogP contribution is 2.28. The average molecular weight is 582 g/mol. The molecule has 11 nitrogen and oxygen atoms in total. The van der Waals surface area contributed by atoms with Gasteiger partial charge < -0.3 is 30.8 Å². The van der Waals surface area contributed by atoms with E-state index >= 15 is 0 Å². The molecule has 3 aromatic carbocycles. The summed E-state index contributed by atoms with van der Waals surface area (Å²) in [5.74, 6) is -2.11. The summed E-state index contributed by atoms with van der Waals surface area (Å²) >= 11 is 0. The lowest BCUT2D eigenvalue weighted by Crippen LogP contribution is -2.50. The lowest BCUT2D eigenvalue weighted by molar-refractivity contribution is -0.138. The first kappa shape index (κ1) is 29.1. The molecule has 1 aliphatic rings. The Morgan fingerprint density at radius 3 is 2.30 bits per heavy atom. The molecular formula is C32H31N5O6. The van der Waals surface area contributed by atoms with Crippen LogP contribution in [0.1, 0.15) is 22.4 Å². The monoisotopic (exact) mass is 581 g/mol. The predicted octanol–water partition coefficient (Wildman–Crippen LogP) is 2.74. The quantitative estimate of drug-likeness (QED) is 0.183. The standard InChI is InChI=1S/C32H31N5O6/c38-28(33-17-27-29-23(16-26(35-27)31(40)41)22-13-7-8-14-24(22)36-29)18-34-30(39)25(15-20-9-3-1-4-10-20)37-32(42)43-19-21-11-5-2-6-12-21/h1-14,25-26,36H,15-19H2,(H,33,38)(H,34,39)(H,37,42)(H,40,41). The number of fused-ring (bicyclic) bond motifs is 3. The van der Waals surface area contributed by atoms with Gasteiger partial charge in [0.1, 0.15) is 12.6 Å². The van der Waals surface area contributed by atoms with Crippen molar-refractivity contribution < 1.29 is 29.0 Å². The molecule has 1 aromatic heterocycles. The van der Waals surface area contributed by atoms with Crippen LogP contribution < -0.4 is 16.0 Å². The third-order valence-electron chi connectivity index (χ3n) is 7.08.